The molecule has 158 valence electrons. The lowest BCUT2D eigenvalue weighted by atomic mass is 9.77. The Labute approximate surface area is 171 Å². The molecule has 2 N–H and O–H groups in total. The van der Waals surface area contributed by atoms with E-state index >= 15 is 0 Å². The molecule has 2 aliphatic heterocycles. The summed E-state index contributed by atoms with van der Waals surface area (Å²) in [6.07, 6.45) is 8.36. The topological polar surface area (TPSA) is 87.5 Å². The van der Waals surface area contributed by atoms with Gasteiger partial charge in [0.15, 0.2) is 5.69 Å². The summed E-state index contributed by atoms with van der Waals surface area (Å²) in [5.74, 6) is 1.26. The minimum Gasteiger partial charge on any atom is -0.391 e. The maximum Gasteiger partial charge on any atom is 0.274 e. The SMILES string of the molecule is O=C(CC1CCCC1)N[C@H]1C[C@H]2CN(C(=O)c3cc4n(n3)CCC4)C[C@H]2C[C@@H]1O. The molecule has 4 atom stereocenters. The number of aryl methyl sites for hydroxylation is 2. The monoisotopic (exact) mass is 400 g/mol. The third kappa shape index (κ3) is 3.81. The van der Waals surface area contributed by atoms with Gasteiger partial charge in [0, 0.05) is 31.7 Å². The van der Waals surface area contributed by atoms with Gasteiger partial charge in [-0.2, -0.15) is 5.10 Å². The number of amides is 2. The van der Waals surface area contributed by atoms with Crippen molar-refractivity contribution in [3.63, 3.8) is 0 Å². The van der Waals surface area contributed by atoms with E-state index in [1.54, 1.807) is 0 Å². The van der Waals surface area contributed by atoms with Crippen LogP contribution in [0.4, 0.5) is 0 Å². The maximum atomic E-state index is 12.9. The number of likely N-dealkylation sites (tertiary alicyclic amines) is 1. The van der Waals surface area contributed by atoms with Crippen LogP contribution in [-0.2, 0) is 17.8 Å². The van der Waals surface area contributed by atoms with Crippen molar-refractivity contribution in [2.45, 2.75) is 76.5 Å². The van der Waals surface area contributed by atoms with Gasteiger partial charge in [0.2, 0.25) is 5.91 Å². The van der Waals surface area contributed by atoms with Crippen LogP contribution in [0.1, 0.15) is 67.5 Å². The van der Waals surface area contributed by atoms with E-state index in [0.717, 1.165) is 44.3 Å². The van der Waals surface area contributed by atoms with E-state index < -0.39 is 6.10 Å². The van der Waals surface area contributed by atoms with Crippen LogP contribution in [0.5, 0.6) is 0 Å². The molecule has 0 radical (unpaired) electrons. The standard InChI is InChI=1S/C22H32N4O3/c27-20-10-16-13-25(22(29)19-11-17-6-3-7-26(17)24-19)12-15(16)9-18(20)23-21(28)8-14-4-1-2-5-14/h11,14-16,18,20,27H,1-10,12-13H2,(H,23,28)/t15-,16+,18-,20-/m0/s1. The number of nitrogens with zero attached hydrogens (tertiary/aromatic N) is 3. The van der Waals surface area contributed by atoms with E-state index in [-0.39, 0.29) is 17.9 Å². The molecule has 0 bridgehead atoms. The first-order valence-corrected chi connectivity index (χ1v) is 11.4. The molecule has 1 aromatic heterocycles. The van der Waals surface area contributed by atoms with Crippen LogP contribution < -0.4 is 5.32 Å². The molecule has 2 amide bonds. The number of rotatable bonds is 4. The van der Waals surface area contributed by atoms with Gasteiger partial charge < -0.3 is 15.3 Å². The highest BCUT2D eigenvalue weighted by Gasteiger charge is 2.44. The summed E-state index contributed by atoms with van der Waals surface area (Å²) in [4.78, 5) is 27.3. The molecule has 7 heteroatoms. The molecule has 29 heavy (non-hydrogen) atoms. The summed E-state index contributed by atoms with van der Waals surface area (Å²) in [7, 11) is 0. The predicted octanol–water partition coefficient (Wildman–Crippen LogP) is 1.74. The number of hydrogen-bond donors (Lipinski definition) is 2. The van der Waals surface area contributed by atoms with Gasteiger partial charge in [-0.05, 0) is 62.3 Å². The fourth-order valence-electron chi connectivity index (χ4n) is 6.02. The second-order valence-electron chi connectivity index (χ2n) is 9.65. The van der Waals surface area contributed by atoms with Crippen molar-refractivity contribution in [2.24, 2.45) is 17.8 Å². The Morgan fingerprint density at radius 3 is 2.66 bits per heavy atom. The van der Waals surface area contributed by atoms with Crippen molar-refractivity contribution in [3.8, 4) is 0 Å². The average molecular weight is 401 g/mol. The number of aliphatic hydroxyl groups excluding tert-OH is 1. The Morgan fingerprint density at radius 1 is 1.14 bits per heavy atom. The molecule has 1 aromatic rings. The summed E-state index contributed by atoms with van der Waals surface area (Å²) >= 11 is 0. The van der Waals surface area contributed by atoms with Gasteiger partial charge in [-0.25, -0.2) is 0 Å². The molecular formula is C22H32N4O3. The summed E-state index contributed by atoms with van der Waals surface area (Å²) in [6.45, 7) is 2.29. The number of fused-ring (bicyclic) bond motifs is 2. The first-order chi connectivity index (χ1) is 14.1. The van der Waals surface area contributed by atoms with E-state index in [0.29, 0.717) is 49.4 Å². The Kier molecular flexibility index (Phi) is 5.10. The fourth-order valence-corrected chi connectivity index (χ4v) is 6.02. The summed E-state index contributed by atoms with van der Waals surface area (Å²) in [5, 5.41) is 18.2. The normalized spacial score (nSPS) is 31.7. The second-order valence-corrected chi connectivity index (χ2v) is 9.65. The van der Waals surface area contributed by atoms with Gasteiger partial charge in [0.1, 0.15) is 0 Å². The summed E-state index contributed by atoms with van der Waals surface area (Å²) < 4.78 is 1.95. The lowest BCUT2D eigenvalue weighted by Gasteiger charge is -2.35. The fraction of sp³-hybridized carbons (Fsp3) is 0.773. The van der Waals surface area contributed by atoms with E-state index in [1.807, 2.05) is 15.6 Å². The van der Waals surface area contributed by atoms with Crippen molar-refractivity contribution in [3.05, 3.63) is 17.5 Å². The minimum atomic E-state index is -0.518. The second kappa shape index (κ2) is 7.74. The lowest BCUT2D eigenvalue weighted by Crippen LogP contribution is -2.49. The van der Waals surface area contributed by atoms with Crippen molar-refractivity contribution >= 4 is 11.8 Å². The van der Waals surface area contributed by atoms with E-state index in [9.17, 15) is 14.7 Å². The third-order valence-electron chi connectivity index (χ3n) is 7.61. The molecule has 5 rings (SSSR count). The van der Waals surface area contributed by atoms with Gasteiger partial charge in [-0.1, -0.05) is 12.8 Å². The zero-order valence-electron chi connectivity index (χ0n) is 17.1. The Hall–Kier alpha value is -1.89. The molecule has 0 unspecified atom stereocenters. The summed E-state index contributed by atoms with van der Waals surface area (Å²) in [6, 6.07) is 1.76. The quantitative estimate of drug-likeness (QED) is 0.806. The van der Waals surface area contributed by atoms with Crippen LogP contribution >= 0.6 is 0 Å². The maximum absolute atomic E-state index is 12.9. The first-order valence-electron chi connectivity index (χ1n) is 11.4. The van der Waals surface area contributed by atoms with Crippen molar-refractivity contribution in [1.82, 2.24) is 20.0 Å². The molecule has 2 aliphatic carbocycles. The van der Waals surface area contributed by atoms with Crippen LogP contribution in [0.15, 0.2) is 6.07 Å². The number of carbonyl (C=O) groups excluding carboxylic acids is 2. The molecule has 3 heterocycles. The largest absolute Gasteiger partial charge is 0.391 e. The molecule has 2 saturated carbocycles. The highest BCUT2D eigenvalue weighted by molar-refractivity contribution is 5.92. The number of aromatic nitrogens is 2. The highest BCUT2D eigenvalue weighted by Crippen LogP contribution is 2.37. The van der Waals surface area contributed by atoms with Crippen LogP contribution in [0.3, 0.4) is 0 Å². The van der Waals surface area contributed by atoms with Gasteiger partial charge in [-0.15, -0.1) is 0 Å². The molecule has 0 spiro atoms. The Morgan fingerprint density at radius 2 is 1.90 bits per heavy atom. The minimum absolute atomic E-state index is 0.0117. The Balaban J connectivity index is 1.18. The molecule has 1 saturated heterocycles. The predicted molar refractivity (Wildman–Crippen MR) is 107 cm³/mol. The van der Waals surface area contributed by atoms with Crippen molar-refractivity contribution in [1.29, 1.82) is 0 Å². The van der Waals surface area contributed by atoms with Crippen molar-refractivity contribution < 1.29 is 14.7 Å². The van der Waals surface area contributed by atoms with Crippen LogP contribution in [-0.4, -0.2) is 56.8 Å². The lowest BCUT2D eigenvalue weighted by molar-refractivity contribution is -0.124. The van der Waals surface area contributed by atoms with Gasteiger partial charge in [0.25, 0.3) is 5.91 Å². The molecule has 3 fully saturated rings. The Bertz CT molecular complexity index is 764. The number of aliphatic hydroxyl groups is 1. The average Bonchev–Trinajstić information content (AvgIpc) is 3.44. The van der Waals surface area contributed by atoms with Gasteiger partial charge in [0.05, 0.1) is 12.1 Å². The third-order valence-corrected chi connectivity index (χ3v) is 7.61. The zero-order chi connectivity index (χ0) is 20.0. The number of hydrogen-bond acceptors (Lipinski definition) is 4. The highest BCUT2D eigenvalue weighted by atomic mass is 16.3. The molecule has 7 nitrogen and oxygen atoms in total. The van der Waals surface area contributed by atoms with Crippen LogP contribution in [0.2, 0.25) is 0 Å². The smallest absolute Gasteiger partial charge is 0.274 e. The number of carbonyl (C=O) groups is 2. The van der Waals surface area contributed by atoms with E-state index in [4.69, 9.17) is 0 Å². The van der Waals surface area contributed by atoms with Gasteiger partial charge >= 0.3 is 0 Å². The number of nitrogens with one attached hydrogen (secondary N) is 1. The molecule has 4 aliphatic rings. The van der Waals surface area contributed by atoms with Crippen LogP contribution in [0.25, 0.3) is 0 Å². The van der Waals surface area contributed by atoms with E-state index in [1.165, 1.54) is 12.8 Å². The zero-order valence-corrected chi connectivity index (χ0v) is 17.1. The van der Waals surface area contributed by atoms with Gasteiger partial charge in [-0.3, -0.25) is 14.3 Å². The first kappa shape index (κ1) is 19.1. The molecule has 0 aromatic carbocycles. The van der Waals surface area contributed by atoms with Crippen molar-refractivity contribution in [2.75, 3.05) is 13.1 Å². The van der Waals surface area contributed by atoms with E-state index in [2.05, 4.69) is 10.4 Å². The molecular weight excluding hydrogens is 368 g/mol. The summed E-state index contributed by atoms with van der Waals surface area (Å²) in [5.41, 5.74) is 1.71. The van der Waals surface area contributed by atoms with Crippen LogP contribution in [0, 0.1) is 17.8 Å².